The number of aryl methyl sites for hydroxylation is 2. The molecule has 0 aliphatic carbocycles. The second-order valence-electron chi connectivity index (χ2n) is 8.44. The van der Waals surface area contributed by atoms with Crippen LogP contribution in [0, 0.1) is 17.4 Å². The van der Waals surface area contributed by atoms with E-state index < -0.39 is 0 Å². The number of carbonyl (C=O) groups excluding carboxylic acids is 3. The molecule has 1 N–H and O–H groups in total. The second-order valence-corrected chi connectivity index (χ2v) is 10.7. The topological polar surface area (TPSA) is 84.9 Å². The van der Waals surface area contributed by atoms with E-state index in [-0.39, 0.29) is 30.2 Å². The summed E-state index contributed by atoms with van der Waals surface area (Å²) in [5, 5.41) is 2.51. The number of hydrogen-bond donors (Lipinski definition) is 1. The summed E-state index contributed by atoms with van der Waals surface area (Å²) in [7, 11) is 1.50. The van der Waals surface area contributed by atoms with E-state index in [0.717, 1.165) is 32.0 Å². The van der Waals surface area contributed by atoms with E-state index in [9.17, 15) is 14.4 Å². The predicted molar refractivity (Wildman–Crippen MR) is 154 cm³/mol. The normalized spacial score (nSPS) is 14.3. The highest BCUT2D eigenvalue weighted by Gasteiger charge is 2.35. The molecule has 0 bridgehead atoms. The number of carbonyl (C=O) groups is 3. The number of halogens is 1. The van der Waals surface area contributed by atoms with Crippen LogP contribution in [0.15, 0.2) is 65.6 Å². The smallest absolute Gasteiger partial charge is 0.293 e. The summed E-state index contributed by atoms with van der Waals surface area (Å²) >= 11 is 3.11. The first kappa shape index (κ1) is 26.7. The zero-order chi connectivity index (χ0) is 26.5. The average Bonchev–Trinajstić information content (AvgIpc) is 3.13. The minimum absolute atomic E-state index is 0.194. The van der Waals surface area contributed by atoms with Gasteiger partial charge in [0.2, 0.25) is 0 Å². The predicted octanol–water partition coefficient (Wildman–Crippen LogP) is 6.17. The van der Waals surface area contributed by atoms with Crippen molar-refractivity contribution in [2.45, 2.75) is 20.4 Å². The van der Waals surface area contributed by atoms with Gasteiger partial charge >= 0.3 is 0 Å². The maximum Gasteiger partial charge on any atom is 0.293 e. The largest absolute Gasteiger partial charge is 0.493 e. The highest BCUT2D eigenvalue weighted by atomic mass is 127. The van der Waals surface area contributed by atoms with Crippen LogP contribution in [0.3, 0.4) is 0 Å². The van der Waals surface area contributed by atoms with E-state index in [1.807, 2.05) is 56.3 Å². The van der Waals surface area contributed by atoms with E-state index in [2.05, 4.69) is 27.9 Å². The Bertz CT molecular complexity index is 1390. The van der Waals surface area contributed by atoms with Crippen LogP contribution in [0.2, 0.25) is 0 Å². The van der Waals surface area contributed by atoms with Gasteiger partial charge in [-0.15, -0.1) is 0 Å². The van der Waals surface area contributed by atoms with Crippen LogP contribution < -0.4 is 14.8 Å². The van der Waals surface area contributed by atoms with Crippen molar-refractivity contribution < 1.29 is 23.9 Å². The molecule has 3 amide bonds. The molecule has 1 saturated heterocycles. The maximum atomic E-state index is 12.9. The second kappa shape index (κ2) is 11.8. The van der Waals surface area contributed by atoms with Crippen molar-refractivity contribution in [3.05, 3.63) is 91.4 Å². The number of thioether (sulfide) groups is 1. The summed E-state index contributed by atoms with van der Waals surface area (Å²) in [6.07, 6.45) is 1.65. The summed E-state index contributed by atoms with van der Waals surface area (Å²) in [4.78, 5) is 39.3. The molecule has 7 nitrogen and oxygen atoms in total. The third-order valence-corrected chi connectivity index (χ3v) is 7.39. The lowest BCUT2D eigenvalue weighted by atomic mass is 10.1. The molecule has 3 aromatic carbocycles. The van der Waals surface area contributed by atoms with Crippen molar-refractivity contribution in [1.29, 1.82) is 0 Å². The molecule has 3 aromatic rings. The molecule has 1 aliphatic heterocycles. The van der Waals surface area contributed by atoms with Crippen molar-refractivity contribution in [1.82, 2.24) is 4.90 Å². The molecule has 9 heteroatoms. The van der Waals surface area contributed by atoms with Crippen LogP contribution in [0.4, 0.5) is 10.5 Å². The first-order chi connectivity index (χ1) is 17.7. The molecule has 190 valence electrons. The Morgan fingerprint density at radius 2 is 1.76 bits per heavy atom. The fourth-order valence-corrected chi connectivity index (χ4v) is 4.81. The number of rotatable bonds is 8. The molecule has 0 unspecified atom stereocenters. The van der Waals surface area contributed by atoms with Crippen molar-refractivity contribution in [3.63, 3.8) is 0 Å². The van der Waals surface area contributed by atoms with Gasteiger partial charge in [-0.3, -0.25) is 19.3 Å². The molecule has 4 rings (SSSR count). The highest BCUT2D eigenvalue weighted by Crippen LogP contribution is 2.35. The van der Waals surface area contributed by atoms with Gasteiger partial charge in [0.05, 0.1) is 18.6 Å². The molecule has 0 atom stereocenters. The Balaban J connectivity index is 1.41. The first-order valence-electron chi connectivity index (χ1n) is 11.4. The number of ether oxygens (including phenoxy) is 2. The minimum Gasteiger partial charge on any atom is -0.493 e. The highest BCUT2D eigenvalue weighted by molar-refractivity contribution is 14.1. The van der Waals surface area contributed by atoms with Gasteiger partial charge in [0.15, 0.2) is 18.1 Å². The van der Waals surface area contributed by atoms with Gasteiger partial charge < -0.3 is 14.8 Å². The number of nitrogens with one attached hydrogen (secondary N) is 1. The van der Waals surface area contributed by atoms with Gasteiger partial charge in [-0.1, -0.05) is 24.3 Å². The Hall–Kier alpha value is -3.31. The first-order valence-corrected chi connectivity index (χ1v) is 13.3. The fraction of sp³-hybridized carbons (Fsp3) is 0.179. The Kier molecular flexibility index (Phi) is 8.55. The number of methoxy groups -OCH3 is 1. The number of hydrogen-bond acceptors (Lipinski definition) is 6. The lowest BCUT2D eigenvalue weighted by molar-refractivity contribution is -0.123. The zero-order valence-corrected chi connectivity index (χ0v) is 23.5. The zero-order valence-electron chi connectivity index (χ0n) is 20.5. The van der Waals surface area contributed by atoms with Crippen LogP contribution in [-0.4, -0.2) is 35.7 Å². The van der Waals surface area contributed by atoms with Crippen molar-refractivity contribution in [2.75, 3.05) is 19.0 Å². The van der Waals surface area contributed by atoms with Crippen LogP contribution in [0.1, 0.15) is 22.3 Å². The Morgan fingerprint density at radius 1 is 1.00 bits per heavy atom. The third-order valence-electron chi connectivity index (χ3n) is 5.76. The average molecular weight is 628 g/mol. The SMILES string of the molecule is COc1cc(/C=C2/SC(=O)N(Cc3ccc(I)cc3)C2=O)ccc1OCC(=O)Nc1ccc(C)c(C)c1. The summed E-state index contributed by atoms with van der Waals surface area (Å²) in [6.45, 7) is 4.02. The number of imide groups is 1. The monoisotopic (exact) mass is 628 g/mol. The van der Waals surface area contributed by atoms with Crippen LogP contribution >= 0.6 is 34.4 Å². The summed E-state index contributed by atoms with van der Waals surface area (Å²) in [6, 6.07) is 18.5. The van der Waals surface area contributed by atoms with Crippen LogP contribution in [0.25, 0.3) is 6.08 Å². The molecular formula is C28H25IN2O5S. The Morgan fingerprint density at radius 3 is 2.46 bits per heavy atom. The number of amides is 3. The van der Waals surface area contributed by atoms with E-state index in [0.29, 0.717) is 27.7 Å². The van der Waals surface area contributed by atoms with Gasteiger partial charge in [0, 0.05) is 9.26 Å². The van der Waals surface area contributed by atoms with Gasteiger partial charge in [0.25, 0.3) is 17.1 Å². The molecule has 0 saturated carbocycles. The molecule has 0 spiro atoms. The molecule has 0 radical (unpaired) electrons. The third kappa shape index (κ3) is 6.72. The summed E-state index contributed by atoms with van der Waals surface area (Å²) in [5.41, 5.74) is 4.49. The van der Waals surface area contributed by atoms with Gasteiger partial charge in [-0.25, -0.2) is 0 Å². The molecular weight excluding hydrogens is 603 g/mol. The van der Waals surface area contributed by atoms with Crippen molar-refractivity contribution >= 4 is 63.2 Å². The fourth-order valence-electron chi connectivity index (χ4n) is 3.61. The van der Waals surface area contributed by atoms with Crippen LogP contribution in [0.5, 0.6) is 11.5 Å². The molecule has 0 aromatic heterocycles. The number of benzene rings is 3. The van der Waals surface area contributed by atoms with E-state index in [1.165, 1.54) is 12.0 Å². The maximum absolute atomic E-state index is 12.9. The molecule has 1 fully saturated rings. The van der Waals surface area contributed by atoms with Gasteiger partial charge in [0.1, 0.15) is 0 Å². The summed E-state index contributed by atoms with van der Waals surface area (Å²) in [5.74, 6) is 0.166. The van der Waals surface area contributed by atoms with Crippen LogP contribution in [-0.2, 0) is 16.1 Å². The van der Waals surface area contributed by atoms with Gasteiger partial charge in [-0.2, -0.15) is 0 Å². The van der Waals surface area contributed by atoms with Crippen molar-refractivity contribution in [2.24, 2.45) is 0 Å². The minimum atomic E-state index is -0.337. The standard InChI is InChI=1S/C28H25IN2O5S/c1-17-4-10-22(12-18(17)2)30-26(32)16-36-23-11-7-20(13-24(23)35-3)14-25-27(33)31(28(34)37-25)15-19-5-8-21(29)9-6-19/h4-14H,15-16H2,1-3H3,(H,30,32)/b25-14+. The quantitative estimate of drug-likeness (QED) is 0.237. The van der Waals surface area contributed by atoms with Gasteiger partial charge in [-0.05, 0) is 113 Å². The van der Waals surface area contributed by atoms with E-state index in [4.69, 9.17) is 9.47 Å². The Labute approximate surface area is 233 Å². The lowest BCUT2D eigenvalue weighted by Crippen LogP contribution is -2.27. The molecule has 1 aliphatic rings. The number of nitrogens with zero attached hydrogens (tertiary/aromatic N) is 1. The van der Waals surface area contributed by atoms with Crippen molar-refractivity contribution in [3.8, 4) is 11.5 Å². The lowest BCUT2D eigenvalue weighted by Gasteiger charge is -2.13. The summed E-state index contributed by atoms with van der Waals surface area (Å²) < 4.78 is 12.2. The molecule has 37 heavy (non-hydrogen) atoms. The number of anilines is 1. The molecule has 1 heterocycles. The van der Waals surface area contributed by atoms with E-state index >= 15 is 0 Å². The van der Waals surface area contributed by atoms with E-state index in [1.54, 1.807) is 24.3 Å².